The molecule has 0 aliphatic carbocycles. The van der Waals surface area contributed by atoms with Crippen LogP contribution in [0.5, 0.6) is 0 Å². The molecule has 0 radical (unpaired) electrons. The van der Waals surface area contributed by atoms with Gasteiger partial charge in [-0.1, -0.05) is 34.1 Å². The number of aromatic amines is 1. The number of H-pyrrole nitrogens is 1. The van der Waals surface area contributed by atoms with E-state index in [-0.39, 0.29) is 5.56 Å². The fourth-order valence-corrected chi connectivity index (χ4v) is 2.63. The van der Waals surface area contributed by atoms with Gasteiger partial charge in [-0.05, 0) is 41.1 Å². The van der Waals surface area contributed by atoms with Gasteiger partial charge in [-0.2, -0.15) is 0 Å². The number of hydrogen-bond donors (Lipinski definition) is 2. The number of rotatable bonds is 2. The van der Waals surface area contributed by atoms with Crippen LogP contribution in [0.25, 0.3) is 10.8 Å². The summed E-state index contributed by atoms with van der Waals surface area (Å²) in [4.78, 5) is 26.2. The van der Waals surface area contributed by atoms with E-state index in [1.807, 2.05) is 36.4 Å². The van der Waals surface area contributed by atoms with Gasteiger partial charge in [0.2, 0.25) is 0 Å². The molecule has 0 saturated carbocycles. The molecule has 0 fully saturated rings. The maximum atomic E-state index is 12.1. The highest BCUT2D eigenvalue weighted by molar-refractivity contribution is 9.10. The Labute approximate surface area is 128 Å². The number of anilines is 1. The summed E-state index contributed by atoms with van der Waals surface area (Å²) in [7, 11) is 0. The number of hydrogen-bond acceptors (Lipinski definition) is 2. The molecule has 0 bridgehead atoms. The summed E-state index contributed by atoms with van der Waals surface area (Å²) >= 11 is 3.49. The van der Waals surface area contributed by atoms with Gasteiger partial charge in [0, 0.05) is 16.4 Å². The molecule has 2 N–H and O–H groups in total. The molecule has 0 aliphatic rings. The van der Waals surface area contributed by atoms with Gasteiger partial charge >= 0.3 is 0 Å². The van der Waals surface area contributed by atoms with E-state index in [1.54, 1.807) is 6.07 Å². The maximum absolute atomic E-state index is 12.1. The Hall–Kier alpha value is -2.40. The van der Waals surface area contributed by atoms with E-state index in [0.29, 0.717) is 5.69 Å². The van der Waals surface area contributed by atoms with Crippen molar-refractivity contribution in [1.29, 1.82) is 0 Å². The first-order valence-electron chi connectivity index (χ1n) is 6.32. The molecule has 104 valence electrons. The van der Waals surface area contributed by atoms with Crippen molar-refractivity contribution in [3.63, 3.8) is 0 Å². The lowest BCUT2D eigenvalue weighted by Crippen LogP contribution is -2.22. The summed E-state index contributed by atoms with van der Waals surface area (Å²) in [6, 6.07) is 14.6. The second kappa shape index (κ2) is 5.54. The molecule has 2 aromatic carbocycles. The number of halogens is 1. The third-order valence-corrected chi connectivity index (χ3v) is 3.84. The molecule has 3 rings (SSSR count). The summed E-state index contributed by atoms with van der Waals surface area (Å²) in [6.07, 6.45) is 1.49. The van der Waals surface area contributed by atoms with Crippen LogP contribution < -0.4 is 10.9 Å². The number of amides is 1. The molecule has 1 amide bonds. The first kappa shape index (κ1) is 13.6. The average molecular weight is 343 g/mol. The lowest BCUT2D eigenvalue weighted by molar-refractivity contribution is 0.102. The molecule has 4 nitrogen and oxygen atoms in total. The molecule has 0 spiro atoms. The van der Waals surface area contributed by atoms with E-state index >= 15 is 0 Å². The van der Waals surface area contributed by atoms with Crippen molar-refractivity contribution in [2.75, 3.05) is 5.32 Å². The molecule has 0 unspecified atom stereocenters. The highest BCUT2D eigenvalue weighted by Crippen LogP contribution is 2.26. The number of pyridine rings is 1. The zero-order valence-electron chi connectivity index (χ0n) is 10.9. The van der Waals surface area contributed by atoms with Crippen molar-refractivity contribution in [2.45, 2.75) is 0 Å². The first-order valence-corrected chi connectivity index (χ1v) is 7.12. The zero-order chi connectivity index (χ0) is 14.8. The number of nitrogens with one attached hydrogen (secondary N) is 2. The first-order chi connectivity index (χ1) is 10.1. The third-order valence-electron chi connectivity index (χ3n) is 3.15. The average Bonchev–Trinajstić information content (AvgIpc) is 2.48. The van der Waals surface area contributed by atoms with Crippen LogP contribution in [0.3, 0.4) is 0 Å². The van der Waals surface area contributed by atoms with E-state index in [0.717, 1.165) is 15.2 Å². The fraction of sp³-hybridized carbons (Fsp3) is 0. The quantitative estimate of drug-likeness (QED) is 0.748. The largest absolute Gasteiger partial charge is 0.328 e. The molecule has 0 aliphatic heterocycles. The highest BCUT2D eigenvalue weighted by atomic mass is 79.9. The van der Waals surface area contributed by atoms with E-state index < -0.39 is 11.5 Å². The van der Waals surface area contributed by atoms with Gasteiger partial charge in [-0.15, -0.1) is 0 Å². The minimum atomic E-state index is -0.425. The molecule has 1 aromatic heterocycles. The SMILES string of the molecule is O=C(Nc1ccc2c(Br)cccc2c1)c1ccc[nH]c1=O. The fourth-order valence-electron chi connectivity index (χ4n) is 2.12. The van der Waals surface area contributed by atoms with Crippen molar-refractivity contribution < 1.29 is 4.79 Å². The van der Waals surface area contributed by atoms with E-state index in [1.165, 1.54) is 12.3 Å². The van der Waals surface area contributed by atoms with Crippen LogP contribution in [0.1, 0.15) is 10.4 Å². The van der Waals surface area contributed by atoms with Crippen molar-refractivity contribution in [1.82, 2.24) is 4.98 Å². The standard InChI is InChI=1S/C16H11BrN2O2/c17-14-5-1-3-10-9-11(6-7-12(10)14)19-16(21)13-4-2-8-18-15(13)20/h1-9H,(H,18,20)(H,19,21). The van der Waals surface area contributed by atoms with E-state index in [4.69, 9.17) is 0 Å². The van der Waals surface area contributed by atoms with Crippen LogP contribution in [-0.2, 0) is 0 Å². The van der Waals surface area contributed by atoms with Crippen LogP contribution in [0.15, 0.2) is 64.0 Å². The van der Waals surface area contributed by atoms with Gasteiger partial charge in [0.05, 0.1) is 0 Å². The summed E-state index contributed by atoms with van der Waals surface area (Å²) in [5.41, 5.74) is 0.333. The van der Waals surface area contributed by atoms with Crippen molar-refractivity contribution in [3.8, 4) is 0 Å². The molecule has 5 heteroatoms. The predicted octanol–water partition coefficient (Wildman–Crippen LogP) is 3.54. The maximum Gasteiger partial charge on any atom is 0.261 e. The summed E-state index contributed by atoms with van der Waals surface area (Å²) in [6.45, 7) is 0. The van der Waals surface area contributed by atoms with Gasteiger partial charge in [-0.25, -0.2) is 0 Å². The molecule has 0 atom stereocenters. The molecule has 21 heavy (non-hydrogen) atoms. The second-order valence-electron chi connectivity index (χ2n) is 4.54. The van der Waals surface area contributed by atoms with Crippen LogP contribution in [-0.4, -0.2) is 10.9 Å². The van der Waals surface area contributed by atoms with Gasteiger partial charge < -0.3 is 10.3 Å². The number of benzene rings is 2. The summed E-state index contributed by atoms with van der Waals surface area (Å²) < 4.78 is 0.998. The van der Waals surface area contributed by atoms with Crippen LogP contribution in [0, 0.1) is 0 Å². The molecule has 3 aromatic rings. The van der Waals surface area contributed by atoms with Gasteiger partial charge in [0.15, 0.2) is 0 Å². The predicted molar refractivity (Wildman–Crippen MR) is 86.7 cm³/mol. The van der Waals surface area contributed by atoms with E-state index in [2.05, 4.69) is 26.2 Å². The minimum Gasteiger partial charge on any atom is -0.328 e. The monoisotopic (exact) mass is 342 g/mol. The molecule has 1 heterocycles. The Bertz CT molecular complexity index is 887. The van der Waals surface area contributed by atoms with E-state index in [9.17, 15) is 9.59 Å². The molecular formula is C16H11BrN2O2. The lowest BCUT2D eigenvalue weighted by Gasteiger charge is -2.07. The van der Waals surface area contributed by atoms with Crippen molar-refractivity contribution in [3.05, 3.63) is 75.1 Å². The topological polar surface area (TPSA) is 62.0 Å². The van der Waals surface area contributed by atoms with Crippen molar-refractivity contribution in [2.24, 2.45) is 0 Å². The van der Waals surface area contributed by atoms with Gasteiger partial charge in [0.1, 0.15) is 5.56 Å². The Morgan fingerprint density at radius 3 is 2.76 bits per heavy atom. The molecule has 0 saturated heterocycles. The van der Waals surface area contributed by atoms with Gasteiger partial charge in [-0.3, -0.25) is 9.59 Å². The van der Waals surface area contributed by atoms with Gasteiger partial charge in [0.25, 0.3) is 11.5 Å². The lowest BCUT2D eigenvalue weighted by atomic mass is 10.1. The highest BCUT2D eigenvalue weighted by Gasteiger charge is 2.10. The Morgan fingerprint density at radius 1 is 1.10 bits per heavy atom. The smallest absolute Gasteiger partial charge is 0.261 e. The summed E-state index contributed by atoms with van der Waals surface area (Å²) in [5, 5.41) is 4.80. The third kappa shape index (κ3) is 2.73. The zero-order valence-corrected chi connectivity index (χ0v) is 12.5. The Morgan fingerprint density at radius 2 is 1.95 bits per heavy atom. The Balaban J connectivity index is 1.94. The number of carbonyl (C=O) groups excluding carboxylic acids is 1. The summed E-state index contributed by atoms with van der Waals surface area (Å²) in [5.74, 6) is -0.425. The normalized spacial score (nSPS) is 10.5. The van der Waals surface area contributed by atoms with Crippen LogP contribution in [0.4, 0.5) is 5.69 Å². The molecular weight excluding hydrogens is 332 g/mol. The minimum absolute atomic E-state index is 0.0897. The van der Waals surface area contributed by atoms with Crippen molar-refractivity contribution >= 4 is 38.3 Å². The second-order valence-corrected chi connectivity index (χ2v) is 5.40. The van der Waals surface area contributed by atoms with Crippen LogP contribution >= 0.6 is 15.9 Å². The van der Waals surface area contributed by atoms with Crippen LogP contribution in [0.2, 0.25) is 0 Å². The number of fused-ring (bicyclic) bond motifs is 1. The number of aromatic nitrogens is 1. The Kier molecular flexibility index (Phi) is 3.58. The number of carbonyl (C=O) groups is 1.